The highest BCUT2D eigenvalue weighted by molar-refractivity contribution is 7.90. The summed E-state index contributed by atoms with van der Waals surface area (Å²) in [6.45, 7) is 3.68. The molecule has 136 valence electrons. The number of nitriles is 1. The fraction of sp³-hybridized carbons (Fsp3) is 0.350. The number of nitrogens with zero attached hydrogens (tertiary/aromatic N) is 1. The lowest BCUT2D eigenvalue weighted by molar-refractivity contribution is 0.305. The lowest BCUT2D eigenvalue weighted by Crippen LogP contribution is -2.39. The molecule has 1 unspecified atom stereocenters. The fourth-order valence-corrected chi connectivity index (χ4v) is 3.96. The number of hydrogen-bond acceptors (Lipinski definition) is 4. The smallest absolute Gasteiger partial charge is 0.214 e. The molecule has 5 nitrogen and oxygen atoms in total. The molecule has 1 aliphatic carbocycles. The van der Waals surface area contributed by atoms with Crippen LogP contribution in [0.4, 0.5) is 0 Å². The molecule has 0 saturated heterocycles. The summed E-state index contributed by atoms with van der Waals surface area (Å²) in [5.41, 5.74) is 3.70. The summed E-state index contributed by atoms with van der Waals surface area (Å²) in [4.78, 5) is 0. The molecule has 0 fully saturated rings. The van der Waals surface area contributed by atoms with E-state index in [2.05, 4.69) is 10.8 Å². The first-order chi connectivity index (χ1) is 12.4. The van der Waals surface area contributed by atoms with Crippen LogP contribution >= 0.6 is 0 Å². The van der Waals surface area contributed by atoms with Crippen LogP contribution in [0.3, 0.4) is 0 Å². The monoisotopic (exact) mass is 370 g/mol. The van der Waals surface area contributed by atoms with Gasteiger partial charge in [-0.1, -0.05) is 24.3 Å². The minimum atomic E-state index is -3.28. The number of hydrogen-bond donors (Lipinski definition) is 1. The van der Waals surface area contributed by atoms with Crippen LogP contribution in [-0.4, -0.2) is 19.7 Å². The van der Waals surface area contributed by atoms with E-state index in [9.17, 15) is 8.42 Å². The minimum absolute atomic E-state index is 0.105. The first kappa shape index (κ1) is 18.4. The molecule has 0 radical (unpaired) electrons. The van der Waals surface area contributed by atoms with Crippen LogP contribution in [0.15, 0.2) is 42.5 Å². The third-order valence-electron chi connectivity index (χ3n) is 4.59. The van der Waals surface area contributed by atoms with E-state index in [1.165, 1.54) is 0 Å². The molecule has 26 heavy (non-hydrogen) atoms. The number of ether oxygens (including phenoxy) is 1. The molecule has 1 atom stereocenters. The molecule has 0 heterocycles. The van der Waals surface area contributed by atoms with Gasteiger partial charge in [-0.2, -0.15) is 5.26 Å². The van der Waals surface area contributed by atoms with Gasteiger partial charge in [-0.05, 0) is 56.0 Å². The van der Waals surface area contributed by atoms with E-state index in [4.69, 9.17) is 10.00 Å². The van der Waals surface area contributed by atoms with Gasteiger partial charge in [0.2, 0.25) is 10.0 Å². The van der Waals surface area contributed by atoms with Gasteiger partial charge in [0.15, 0.2) is 0 Å². The topological polar surface area (TPSA) is 79.2 Å². The number of benzene rings is 2. The van der Waals surface area contributed by atoms with Gasteiger partial charge < -0.3 is 4.74 Å². The molecule has 2 aromatic carbocycles. The zero-order valence-corrected chi connectivity index (χ0v) is 15.7. The van der Waals surface area contributed by atoms with Crippen LogP contribution in [-0.2, 0) is 29.5 Å². The number of nitrogens with one attached hydrogen (secondary N) is 1. The highest BCUT2D eigenvalue weighted by atomic mass is 32.2. The van der Waals surface area contributed by atoms with Crippen LogP contribution in [0.1, 0.15) is 36.1 Å². The average Bonchev–Trinajstić information content (AvgIpc) is 3.00. The van der Waals surface area contributed by atoms with Gasteiger partial charge in [0.05, 0.1) is 16.9 Å². The highest BCUT2D eigenvalue weighted by Gasteiger charge is 2.27. The Morgan fingerprint density at radius 1 is 1.19 bits per heavy atom. The van der Waals surface area contributed by atoms with Crippen molar-refractivity contribution in [3.05, 3.63) is 64.7 Å². The maximum Gasteiger partial charge on any atom is 0.214 e. The maximum atomic E-state index is 12.1. The lowest BCUT2D eigenvalue weighted by atomic mass is 10.1. The number of rotatable bonds is 6. The molecule has 1 N–H and O–H groups in total. The average molecular weight is 370 g/mol. The largest absolute Gasteiger partial charge is 0.489 e. The minimum Gasteiger partial charge on any atom is -0.489 e. The van der Waals surface area contributed by atoms with E-state index in [0.29, 0.717) is 25.0 Å². The Hall–Kier alpha value is -2.36. The first-order valence-corrected chi connectivity index (χ1v) is 10.2. The van der Waals surface area contributed by atoms with Crippen molar-refractivity contribution < 1.29 is 13.2 Å². The quantitative estimate of drug-likeness (QED) is 0.848. The molecule has 3 rings (SSSR count). The lowest BCUT2D eigenvalue weighted by Gasteiger charge is -2.14. The van der Waals surface area contributed by atoms with Gasteiger partial charge in [0.1, 0.15) is 12.4 Å². The maximum absolute atomic E-state index is 12.1. The Bertz CT molecular complexity index is 946. The van der Waals surface area contributed by atoms with E-state index in [1.807, 2.05) is 36.4 Å². The molecule has 0 spiro atoms. The van der Waals surface area contributed by atoms with Crippen molar-refractivity contribution in [1.29, 1.82) is 5.26 Å². The van der Waals surface area contributed by atoms with E-state index in [1.54, 1.807) is 19.9 Å². The highest BCUT2D eigenvalue weighted by Crippen LogP contribution is 2.27. The number of fused-ring (bicyclic) bond motifs is 1. The standard InChI is InChI=1S/C20H22N2O3S/c1-14(2)26(23,24)22-19-9-15-7-8-20(11-18(15)10-19)25-13-17-6-4-3-5-16(17)12-21/h3-8,11,14,19,22H,9-10,13H2,1-2H3. The molecule has 0 aromatic heterocycles. The summed E-state index contributed by atoms with van der Waals surface area (Å²) in [7, 11) is -3.28. The Balaban J connectivity index is 1.67. The van der Waals surface area contributed by atoms with Gasteiger partial charge in [-0.25, -0.2) is 13.1 Å². The van der Waals surface area contributed by atoms with E-state index >= 15 is 0 Å². The zero-order chi connectivity index (χ0) is 18.7. The summed E-state index contributed by atoms with van der Waals surface area (Å²) in [6.07, 6.45) is 1.35. The van der Waals surface area contributed by atoms with Crippen LogP contribution in [0.5, 0.6) is 5.75 Å². The number of sulfonamides is 1. The van der Waals surface area contributed by atoms with Gasteiger partial charge >= 0.3 is 0 Å². The molecule has 1 aliphatic rings. The normalized spacial score (nSPS) is 16.3. The van der Waals surface area contributed by atoms with Gasteiger partial charge in [0, 0.05) is 11.6 Å². The van der Waals surface area contributed by atoms with Crippen molar-refractivity contribution in [1.82, 2.24) is 4.72 Å². The third kappa shape index (κ3) is 4.06. The second kappa shape index (κ2) is 7.48. The Kier molecular flexibility index (Phi) is 5.30. The Morgan fingerprint density at radius 3 is 2.65 bits per heavy atom. The van der Waals surface area contributed by atoms with Crippen molar-refractivity contribution in [3.63, 3.8) is 0 Å². The molecule has 6 heteroatoms. The van der Waals surface area contributed by atoms with Crippen LogP contribution < -0.4 is 9.46 Å². The van der Waals surface area contributed by atoms with E-state index in [0.717, 1.165) is 22.4 Å². The van der Waals surface area contributed by atoms with Gasteiger partial charge in [0.25, 0.3) is 0 Å². The second-order valence-corrected chi connectivity index (χ2v) is 9.07. The van der Waals surface area contributed by atoms with Crippen LogP contribution in [0, 0.1) is 11.3 Å². The molecule has 0 saturated carbocycles. The summed E-state index contributed by atoms with van der Waals surface area (Å²) >= 11 is 0. The van der Waals surface area contributed by atoms with Gasteiger partial charge in [-0.3, -0.25) is 0 Å². The van der Waals surface area contributed by atoms with Crippen molar-refractivity contribution in [3.8, 4) is 11.8 Å². The predicted octanol–water partition coefficient (Wildman–Crippen LogP) is 2.93. The van der Waals surface area contributed by atoms with E-state index in [-0.39, 0.29) is 6.04 Å². The summed E-state index contributed by atoms with van der Waals surface area (Å²) in [5.74, 6) is 0.726. The van der Waals surface area contributed by atoms with Crippen LogP contribution in [0.2, 0.25) is 0 Å². The Labute approximate surface area is 154 Å². The van der Waals surface area contributed by atoms with Crippen LogP contribution in [0.25, 0.3) is 0 Å². The van der Waals surface area contributed by atoms with Crippen molar-refractivity contribution in [2.75, 3.05) is 0 Å². The summed E-state index contributed by atoms with van der Waals surface area (Å²) < 4.78 is 32.8. The summed E-state index contributed by atoms with van der Waals surface area (Å²) in [6, 6.07) is 15.3. The van der Waals surface area contributed by atoms with Crippen molar-refractivity contribution in [2.24, 2.45) is 0 Å². The molecule has 0 amide bonds. The van der Waals surface area contributed by atoms with E-state index < -0.39 is 15.3 Å². The SMILES string of the molecule is CC(C)S(=O)(=O)NC1Cc2ccc(OCc3ccccc3C#N)cc2C1. The second-order valence-electron chi connectivity index (χ2n) is 6.80. The van der Waals surface area contributed by atoms with Crippen molar-refractivity contribution >= 4 is 10.0 Å². The molecular formula is C20H22N2O3S. The predicted molar refractivity (Wildman–Crippen MR) is 100 cm³/mol. The fourth-order valence-electron chi connectivity index (χ4n) is 3.05. The summed E-state index contributed by atoms with van der Waals surface area (Å²) in [5, 5.41) is 8.70. The molecular weight excluding hydrogens is 348 g/mol. The zero-order valence-electron chi connectivity index (χ0n) is 14.9. The molecule has 2 aromatic rings. The molecule has 0 aliphatic heterocycles. The molecule has 0 bridgehead atoms. The first-order valence-electron chi connectivity index (χ1n) is 8.63. The third-order valence-corrected chi connectivity index (χ3v) is 6.50. The Morgan fingerprint density at radius 2 is 1.92 bits per heavy atom. The van der Waals surface area contributed by atoms with Crippen molar-refractivity contribution in [2.45, 2.75) is 44.6 Å². The van der Waals surface area contributed by atoms with Gasteiger partial charge in [-0.15, -0.1) is 0 Å².